The highest BCUT2D eigenvalue weighted by Crippen LogP contribution is 2.47. The molecule has 86 valence electrons. The third kappa shape index (κ3) is 2.13. The summed E-state index contributed by atoms with van der Waals surface area (Å²) >= 11 is 0. The molecule has 0 amide bonds. The SMILES string of the molecule is CC1CCC(N)C(C)(C2CC=CCC2)C1. The molecule has 0 bridgehead atoms. The van der Waals surface area contributed by atoms with E-state index in [9.17, 15) is 0 Å². The van der Waals surface area contributed by atoms with E-state index >= 15 is 0 Å². The van der Waals surface area contributed by atoms with Crippen molar-refractivity contribution in [3.8, 4) is 0 Å². The molecule has 1 fully saturated rings. The summed E-state index contributed by atoms with van der Waals surface area (Å²) in [5.74, 6) is 1.71. The van der Waals surface area contributed by atoms with Gasteiger partial charge in [-0.3, -0.25) is 0 Å². The first-order valence-electron chi connectivity index (χ1n) is 6.53. The van der Waals surface area contributed by atoms with Crippen LogP contribution in [0.3, 0.4) is 0 Å². The van der Waals surface area contributed by atoms with Crippen LogP contribution in [0.2, 0.25) is 0 Å². The van der Waals surface area contributed by atoms with E-state index in [1.54, 1.807) is 0 Å². The van der Waals surface area contributed by atoms with Crippen molar-refractivity contribution in [3.63, 3.8) is 0 Å². The summed E-state index contributed by atoms with van der Waals surface area (Å²) in [5, 5.41) is 0. The van der Waals surface area contributed by atoms with Crippen molar-refractivity contribution in [2.75, 3.05) is 0 Å². The Morgan fingerprint density at radius 3 is 2.67 bits per heavy atom. The Bertz CT molecular complexity index is 246. The highest BCUT2D eigenvalue weighted by atomic mass is 14.7. The Kier molecular flexibility index (Phi) is 3.20. The lowest BCUT2D eigenvalue weighted by molar-refractivity contribution is 0.0576. The molecule has 0 aromatic rings. The summed E-state index contributed by atoms with van der Waals surface area (Å²) in [6.45, 7) is 4.83. The fourth-order valence-electron chi connectivity index (χ4n) is 3.66. The molecule has 0 spiro atoms. The van der Waals surface area contributed by atoms with Crippen LogP contribution >= 0.6 is 0 Å². The van der Waals surface area contributed by atoms with Crippen LogP contribution < -0.4 is 5.73 Å². The third-order valence-electron chi connectivity index (χ3n) is 4.81. The van der Waals surface area contributed by atoms with E-state index in [0.717, 1.165) is 11.8 Å². The molecule has 0 aromatic carbocycles. The van der Waals surface area contributed by atoms with Gasteiger partial charge in [0.2, 0.25) is 0 Å². The zero-order chi connectivity index (χ0) is 10.9. The minimum absolute atomic E-state index is 0.405. The fourth-order valence-corrected chi connectivity index (χ4v) is 3.66. The molecule has 1 nitrogen and oxygen atoms in total. The molecule has 1 heteroatoms. The van der Waals surface area contributed by atoms with Crippen LogP contribution in [0.4, 0.5) is 0 Å². The van der Waals surface area contributed by atoms with E-state index in [2.05, 4.69) is 26.0 Å². The van der Waals surface area contributed by atoms with Crippen molar-refractivity contribution in [2.45, 2.75) is 58.4 Å². The average molecular weight is 207 g/mol. The molecular weight excluding hydrogens is 182 g/mol. The number of hydrogen-bond donors (Lipinski definition) is 1. The van der Waals surface area contributed by atoms with Crippen molar-refractivity contribution >= 4 is 0 Å². The van der Waals surface area contributed by atoms with Gasteiger partial charge >= 0.3 is 0 Å². The van der Waals surface area contributed by atoms with Gasteiger partial charge in [0.25, 0.3) is 0 Å². The minimum atomic E-state index is 0.405. The number of allylic oxidation sites excluding steroid dienone is 2. The van der Waals surface area contributed by atoms with Crippen LogP contribution in [0.25, 0.3) is 0 Å². The zero-order valence-electron chi connectivity index (χ0n) is 10.2. The van der Waals surface area contributed by atoms with E-state index in [0.29, 0.717) is 11.5 Å². The number of nitrogens with two attached hydrogens (primary N) is 1. The lowest BCUT2D eigenvalue weighted by atomic mass is 9.59. The van der Waals surface area contributed by atoms with Gasteiger partial charge in [0.1, 0.15) is 0 Å². The van der Waals surface area contributed by atoms with Crippen molar-refractivity contribution in [1.29, 1.82) is 0 Å². The molecule has 2 rings (SSSR count). The maximum atomic E-state index is 6.38. The van der Waals surface area contributed by atoms with E-state index in [-0.39, 0.29) is 0 Å². The number of hydrogen-bond acceptors (Lipinski definition) is 1. The molecule has 0 aliphatic heterocycles. The van der Waals surface area contributed by atoms with Crippen molar-refractivity contribution in [2.24, 2.45) is 23.0 Å². The predicted molar refractivity (Wildman–Crippen MR) is 65.6 cm³/mol. The molecule has 0 heterocycles. The molecule has 0 aromatic heterocycles. The second-order valence-corrected chi connectivity index (χ2v) is 5.98. The minimum Gasteiger partial charge on any atom is -0.327 e. The second kappa shape index (κ2) is 4.29. The van der Waals surface area contributed by atoms with Crippen LogP contribution in [0.15, 0.2) is 12.2 Å². The topological polar surface area (TPSA) is 26.0 Å². The number of rotatable bonds is 1. The largest absolute Gasteiger partial charge is 0.327 e. The van der Waals surface area contributed by atoms with Crippen LogP contribution in [0.5, 0.6) is 0 Å². The lowest BCUT2D eigenvalue weighted by Gasteiger charge is -2.48. The van der Waals surface area contributed by atoms with Crippen LogP contribution in [0.1, 0.15) is 52.4 Å². The molecule has 2 aliphatic rings. The quantitative estimate of drug-likeness (QED) is 0.654. The summed E-state index contributed by atoms with van der Waals surface area (Å²) in [4.78, 5) is 0. The Morgan fingerprint density at radius 2 is 2.00 bits per heavy atom. The van der Waals surface area contributed by atoms with E-state index in [1.165, 1.54) is 38.5 Å². The molecule has 1 saturated carbocycles. The van der Waals surface area contributed by atoms with Gasteiger partial charge in [0.15, 0.2) is 0 Å². The Hall–Kier alpha value is -0.300. The monoisotopic (exact) mass is 207 g/mol. The maximum absolute atomic E-state index is 6.38. The summed E-state index contributed by atoms with van der Waals surface area (Å²) in [7, 11) is 0. The van der Waals surface area contributed by atoms with Gasteiger partial charge in [-0.15, -0.1) is 0 Å². The van der Waals surface area contributed by atoms with Gasteiger partial charge in [-0.25, -0.2) is 0 Å². The zero-order valence-corrected chi connectivity index (χ0v) is 10.2. The Balaban J connectivity index is 2.11. The van der Waals surface area contributed by atoms with E-state index in [4.69, 9.17) is 5.73 Å². The average Bonchev–Trinajstić information content (AvgIpc) is 2.25. The second-order valence-electron chi connectivity index (χ2n) is 5.98. The van der Waals surface area contributed by atoms with Crippen molar-refractivity contribution < 1.29 is 0 Å². The van der Waals surface area contributed by atoms with Gasteiger partial charge in [-0.2, -0.15) is 0 Å². The summed E-state index contributed by atoms with van der Waals surface area (Å²) < 4.78 is 0. The van der Waals surface area contributed by atoms with Gasteiger partial charge in [-0.05, 0) is 55.8 Å². The summed E-state index contributed by atoms with van der Waals surface area (Å²) in [6, 6.07) is 0.435. The smallest absolute Gasteiger partial charge is 0.00958 e. The summed E-state index contributed by atoms with van der Waals surface area (Å²) in [5.41, 5.74) is 6.79. The van der Waals surface area contributed by atoms with Crippen LogP contribution in [-0.4, -0.2) is 6.04 Å². The van der Waals surface area contributed by atoms with Gasteiger partial charge < -0.3 is 5.73 Å². The standard InChI is InChI=1S/C14H25N/c1-11-8-9-13(15)14(2,10-11)12-6-4-3-5-7-12/h3-4,11-13H,5-10,15H2,1-2H3. The van der Waals surface area contributed by atoms with Gasteiger partial charge in [-0.1, -0.05) is 26.0 Å². The van der Waals surface area contributed by atoms with Gasteiger partial charge in [0.05, 0.1) is 0 Å². The first-order valence-corrected chi connectivity index (χ1v) is 6.53. The molecular formula is C14H25N. The van der Waals surface area contributed by atoms with Crippen LogP contribution in [0, 0.1) is 17.3 Å². The fraction of sp³-hybridized carbons (Fsp3) is 0.857. The van der Waals surface area contributed by atoms with Crippen molar-refractivity contribution in [1.82, 2.24) is 0 Å². The molecule has 15 heavy (non-hydrogen) atoms. The normalized spacial score (nSPS) is 46.7. The molecule has 4 unspecified atom stereocenters. The Morgan fingerprint density at radius 1 is 1.20 bits per heavy atom. The third-order valence-corrected chi connectivity index (χ3v) is 4.81. The van der Waals surface area contributed by atoms with E-state index in [1.807, 2.05) is 0 Å². The first-order chi connectivity index (χ1) is 7.13. The molecule has 2 N–H and O–H groups in total. The maximum Gasteiger partial charge on any atom is 0.00958 e. The van der Waals surface area contributed by atoms with Crippen LogP contribution in [-0.2, 0) is 0 Å². The highest BCUT2D eigenvalue weighted by molar-refractivity contribution is 5.01. The molecule has 2 aliphatic carbocycles. The molecule has 0 radical (unpaired) electrons. The van der Waals surface area contributed by atoms with Gasteiger partial charge in [0, 0.05) is 6.04 Å². The van der Waals surface area contributed by atoms with E-state index < -0.39 is 0 Å². The Labute approximate surface area is 94.1 Å². The van der Waals surface area contributed by atoms with Crippen molar-refractivity contribution in [3.05, 3.63) is 12.2 Å². The summed E-state index contributed by atoms with van der Waals surface area (Å²) in [6.07, 6.45) is 12.5. The lowest BCUT2D eigenvalue weighted by Crippen LogP contribution is -2.49. The predicted octanol–water partition coefficient (Wildman–Crippen LogP) is 3.50. The first kappa shape index (κ1) is 11.2. The molecule has 4 atom stereocenters. The molecule has 0 saturated heterocycles. The highest BCUT2D eigenvalue weighted by Gasteiger charge is 2.42.